The van der Waals surface area contributed by atoms with Gasteiger partial charge >= 0.3 is 0 Å². The molecule has 0 bridgehead atoms. The Hall–Kier alpha value is -2.43. The zero-order chi connectivity index (χ0) is 19.1. The molecule has 0 aliphatic heterocycles. The Bertz CT molecular complexity index is 765. The molecule has 1 fully saturated rings. The van der Waals surface area contributed by atoms with Crippen molar-refractivity contribution in [1.29, 1.82) is 0 Å². The van der Waals surface area contributed by atoms with E-state index in [1.165, 1.54) is 32.1 Å². The average Bonchev–Trinajstić information content (AvgIpc) is 3.26. The van der Waals surface area contributed by atoms with Crippen molar-refractivity contribution in [2.45, 2.75) is 32.1 Å². The molecular weight excluding hydrogens is 386 g/mol. The molecule has 28 heavy (non-hydrogen) atoms. The van der Waals surface area contributed by atoms with Gasteiger partial charge < -0.3 is 15.3 Å². The van der Waals surface area contributed by atoms with Crippen molar-refractivity contribution in [3.05, 3.63) is 72.8 Å². The molecule has 4 rings (SSSR count). The van der Waals surface area contributed by atoms with E-state index in [4.69, 9.17) is 0 Å². The fraction of sp³-hybridized carbons (Fsp3) is 0.217. The maximum absolute atomic E-state index is 10.2. The molecule has 0 unspecified atom stereocenters. The molecule has 0 atom stereocenters. The van der Waals surface area contributed by atoms with Crippen LogP contribution in [0.2, 0.25) is 0 Å². The Morgan fingerprint density at radius 1 is 0.464 bits per heavy atom. The normalized spacial score (nSPS) is 12.4. The Labute approximate surface area is 181 Å². The zero-order valence-electron chi connectivity index (χ0n) is 15.8. The van der Waals surface area contributed by atoms with Crippen LogP contribution in [0.1, 0.15) is 32.1 Å². The van der Waals surface area contributed by atoms with Gasteiger partial charge in [-0.2, -0.15) is 0 Å². The molecule has 3 aromatic carbocycles. The Balaban J connectivity index is 0.000000408. The SMILES string of the molecule is C1CCCC1.Oc1ccccc1N(c1ccccc1O)c1ccccc1O.[Ti]. The third-order valence-electron chi connectivity index (χ3n) is 4.62. The van der Waals surface area contributed by atoms with Gasteiger partial charge in [-0.1, -0.05) is 68.5 Å². The first kappa shape index (κ1) is 21.9. The third-order valence-corrected chi connectivity index (χ3v) is 4.62. The summed E-state index contributed by atoms with van der Waals surface area (Å²) in [4.78, 5) is 1.61. The number of nitrogens with zero attached hydrogens (tertiary/aromatic N) is 1. The van der Waals surface area contributed by atoms with Crippen LogP contribution in [0, 0.1) is 0 Å². The molecule has 1 aliphatic carbocycles. The van der Waals surface area contributed by atoms with Crippen LogP contribution < -0.4 is 4.90 Å². The summed E-state index contributed by atoms with van der Waals surface area (Å²) in [7, 11) is 0. The third kappa shape index (κ3) is 5.31. The summed E-state index contributed by atoms with van der Waals surface area (Å²) in [5.41, 5.74) is 1.39. The van der Waals surface area contributed by atoms with Crippen molar-refractivity contribution in [3.8, 4) is 17.2 Å². The van der Waals surface area contributed by atoms with E-state index >= 15 is 0 Å². The van der Waals surface area contributed by atoms with Crippen molar-refractivity contribution < 1.29 is 37.0 Å². The standard InChI is InChI=1S/C18H15NO3.C5H10.Ti/c20-16-10-4-1-7-13(16)19(14-8-2-5-11-17(14)21)15-9-3-6-12-18(15)22;1-2-4-5-3-1;/h1-12,20-22H;1-5H2;. The van der Waals surface area contributed by atoms with Gasteiger partial charge in [0, 0.05) is 21.7 Å². The number of phenols is 3. The van der Waals surface area contributed by atoms with Gasteiger partial charge in [-0.3, -0.25) is 4.90 Å². The van der Waals surface area contributed by atoms with Crippen molar-refractivity contribution in [2.75, 3.05) is 4.90 Å². The van der Waals surface area contributed by atoms with Gasteiger partial charge in [0.05, 0.1) is 17.1 Å². The smallest absolute Gasteiger partial charge is 0.139 e. The minimum Gasteiger partial charge on any atom is -0.506 e. The molecule has 144 valence electrons. The number of benzene rings is 3. The van der Waals surface area contributed by atoms with E-state index in [1.54, 1.807) is 77.7 Å². The molecule has 3 N–H and O–H groups in total. The van der Waals surface area contributed by atoms with Crippen LogP contribution in [0.15, 0.2) is 72.8 Å². The number of phenolic OH excluding ortho intramolecular Hbond substituents is 3. The maximum atomic E-state index is 10.2. The molecule has 0 radical (unpaired) electrons. The summed E-state index contributed by atoms with van der Waals surface area (Å²) in [6.45, 7) is 0. The maximum Gasteiger partial charge on any atom is 0.139 e. The Kier molecular flexibility index (Phi) is 8.43. The van der Waals surface area contributed by atoms with Gasteiger partial charge in [0.1, 0.15) is 17.2 Å². The monoisotopic (exact) mass is 411 g/mol. The fourth-order valence-corrected chi connectivity index (χ4v) is 3.23. The number of anilines is 3. The van der Waals surface area contributed by atoms with Crippen molar-refractivity contribution in [3.63, 3.8) is 0 Å². The van der Waals surface area contributed by atoms with Crippen LogP contribution in [0.4, 0.5) is 17.1 Å². The largest absolute Gasteiger partial charge is 0.506 e. The van der Waals surface area contributed by atoms with Gasteiger partial charge in [-0.15, -0.1) is 0 Å². The van der Waals surface area contributed by atoms with Crippen LogP contribution in [-0.4, -0.2) is 15.3 Å². The molecule has 0 saturated heterocycles. The second-order valence-corrected chi connectivity index (χ2v) is 6.57. The van der Waals surface area contributed by atoms with Gasteiger partial charge in [-0.05, 0) is 36.4 Å². The summed E-state index contributed by atoms with van der Waals surface area (Å²) in [6.07, 6.45) is 7.50. The minimum atomic E-state index is 0. The first-order chi connectivity index (χ1) is 13.2. The fourth-order valence-electron chi connectivity index (χ4n) is 3.23. The number of hydrogen-bond acceptors (Lipinski definition) is 4. The van der Waals surface area contributed by atoms with Gasteiger partial charge in [0.25, 0.3) is 0 Å². The summed E-state index contributed by atoms with van der Waals surface area (Å²) in [5.74, 6) is 0.150. The first-order valence-corrected chi connectivity index (χ1v) is 9.32. The topological polar surface area (TPSA) is 63.9 Å². The molecule has 0 spiro atoms. The van der Waals surface area contributed by atoms with Crippen molar-refractivity contribution in [1.82, 2.24) is 0 Å². The number of para-hydroxylation sites is 6. The Morgan fingerprint density at radius 2 is 0.714 bits per heavy atom. The van der Waals surface area contributed by atoms with Crippen LogP contribution in [0.3, 0.4) is 0 Å². The van der Waals surface area contributed by atoms with E-state index in [1.807, 2.05) is 0 Å². The van der Waals surface area contributed by atoms with Crippen molar-refractivity contribution in [2.24, 2.45) is 0 Å². The Morgan fingerprint density at radius 3 is 0.964 bits per heavy atom. The van der Waals surface area contributed by atoms with Crippen molar-refractivity contribution >= 4 is 17.1 Å². The molecular formula is C23H25NO3Ti. The van der Waals surface area contributed by atoms with Gasteiger partial charge in [0.2, 0.25) is 0 Å². The van der Waals surface area contributed by atoms with Crippen LogP contribution in [0.5, 0.6) is 17.2 Å². The van der Waals surface area contributed by atoms with E-state index < -0.39 is 0 Å². The van der Waals surface area contributed by atoms with Crippen LogP contribution in [0.25, 0.3) is 0 Å². The molecule has 0 heterocycles. The second kappa shape index (κ2) is 10.8. The molecule has 5 heteroatoms. The average molecular weight is 411 g/mol. The van der Waals surface area contributed by atoms with Gasteiger partial charge in [-0.25, -0.2) is 0 Å². The molecule has 0 aromatic heterocycles. The summed E-state index contributed by atoms with van der Waals surface area (Å²) in [5, 5.41) is 30.5. The number of hydrogen-bond donors (Lipinski definition) is 3. The second-order valence-electron chi connectivity index (χ2n) is 6.57. The molecule has 0 amide bonds. The first-order valence-electron chi connectivity index (χ1n) is 9.32. The van der Waals surface area contributed by atoms with Crippen LogP contribution in [-0.2, 0) is 21.7 Å². The summed E-state index contributed by atoms with van der Waals surface area (Å²) >= 11 is 0. The quantitative estimate of drug-likeness (QED) is 0.448. The predicted octanol–water partition coefficient (Wildman–Crippen LogP) is 6.22. The summed E-state index contributed by atoms with van der Waals surface area (Å²) < 4.78 is 0. The van der Waals surface area contributed by atoms with E-state index in [-0.39, 0.29) is 39.0 Å². The molecule has 4 nitrogen and oxygen atoms in total. The summed E-state index contributed by atoms with van der Waals surface area (Å²) in [6, 6.07) is 20.3. The van der Waals surface area contributed by atoms with Crippen LogP contribution >= 0.6 is 0 Å². The minimum absolute atomic E-state index is 0. The van der Waals surface area contributed by atoms with E-state index in [2.05, 4.69) is 0 Å². The number of rotatable bonds is 3. The predicted molar refractivity (Wildman–Crippen MR) is 109 cm³/mol. The van der Waals surface area contributed by atoms with E-state index in [0.717, 1.165) is 0 Å². The molecule has 3 aromatic rings. The molecule has 1 saturated carbocycles. The van der Waals surface area contributed by atoms with Gasteiger partial charge in [0.15, 0.2) is 0 Å². The van der Waals surface area contributed by atoms with E-state index in [9.17, 15) is 15.3 Å². The zero-order valence-corrected chi connectivity index (χ0v) is 17.3. The number of aromatic hydroxyl groups is 3. The molecule has 1 aliphatic rings. The van der Waals surface area contributed by atoms with E-state index in [0.29, 0.717) is 17.1 Å².